The smallest absolute Gasteiger partial charge is 0.295 e. The van der Waals surface area contributed by atoms with Gasteiger partial charge < -0.3 is 9.80 Å². The Morgan fingerprint density at radius 3 is 2.52 bits per heavy atom. The van der Waals surface area contributed by atoms with Crippen LogP contribution in [0.4, 0.5) is 5.69 Å². The largest absolute Gasteiger partial charge is 0.322 e. The molecule has 0 spiro atoms. The van der Waals surface area contributed by atoms with Crippen molar-refractivity contribution in [2.24, 2.45) is 5.10 Å². The first-order valence-corrected chi connectivity index (χ1v) is 9.86. The molecule has 8 nitrogen and oxygen atoms in total. The number of nitro benzene ring substituents is 1. The first-order chi connectivity index (χ1) is 14.0. The molecule has 3 rings (SSSR count). The maximum atomic E-state index is 12.1. The number of rotatable bonds is 7. The van der Waals surface area contributed by atoms with Crippen molar-refractivity contribution in [1.29, 1.82) is 0 Å². The molecular formula is C20H24ClN5O3+2. The average molecular weight is 418 g/mol. The lowest BCUT2D eigenvalue weighted by atomic mass is 10.2. The summed E-state index contributed by atoms with van der Waals surface area (Å²) in [5.74, 6) is -0.175. The second-order valence-electron chi connectivity index (χ2n) is 7.10. The molecule has 1 heterocycles. The monoisotopic (exact) mass is 417 g/mol. The zero-order valence-electron chi connectivity index (χ0n) is 15.9. The van der Waals surface area contributed by atoms with Gasteiger partial charge in [-0.15, -0.1) is 0 Å². The molecule has 2 aromatic carbocycles. The molecule has 29 heavy (non-hydrogen) atoms. The number of carbonyl (C=O) groups excluding carboxylic acids is 1. The van der Waals surface area contributed by atoms with Crippen LogP contribution >= 0.6 is 11.6 Å². The zero-order chi connectivity index (χ0) is 20.6. The van der Waals surface area contributed by atoms with Crippen molar-refractivity contribution in [2.75, 3.05) is 32.7 Å². The highest BCUT2D eigenvalue weighted by atomic mass is 35.5. The molecule has 0 bridgehead atoms. The standard InChI is InChI=1S/C20H22ClN5O3/c21-18-7-6-17(12-19(18)26(28)29)13-22-23-20(27)15-25-10-8-24(9-11-25)14-16-4-2-1-3-5-16/h1-7,12-13H,8-11,14-15H2,(H,23,27)/p+2/b22-13-. The molecule has 1 fully saturated rings. The summed E-state index contributed by atoms with van der Waals surface area (Å²) in [5, 5.41) is 14.9. The SMILES string of the molecule is O=C(C[NH+]1CC[NH+](Cc2ccccc2)CC1)N/N=C\c1ccc(Cl)c([N+](=O)[O-])c1. The molecule has 0 unspecified atom stereocenters. The molecule has 0 aliphatic carbocycles. The van der Waals surface area contributed by atoms with Gasteiger partial charge in [0.25, 0.3) is 11.6 Å². The third kappa shape index (κ3) is 6.35. The number of quaternary nitrogens is 2. The Labute approximate surface area is 173 Å². The molecule has 0 aromatic heterocycles. The molecule has 0 saturated carbocycles. The number of hydrazone groups is 1. The van der Waals surface area contributed by atoms with Gasteiger partial charge in [-0.3, -0.25) is 14.9 Å². The van der Waals surface area contributed by atoms with E-state index in [2.05, 4.69) is 34.8 Å². The third-order valence-corrected chi connectivity index (χ3v) is 5.26. The summed E-state index contributed by atoms with van der Waals surface area (Å²) in [6.45, 7) is 5.28. The highest BCUT2D eigenvalue weighted by molar-refractivity contribution is 6.32. The van der Waals surface area contributed by atoms with Gasteiger partial charge in [0.15, 0.2) is 6.54 Å². The highest BCUT2D eigenvalue weighted by Crippen LogP contribution is 2.24. The van der Waals surface area contributed by atoms with Gasteiger partial charge in [0.2, 0.25) is 0 Å². The minimum absolute atomic E-state index is 0.0633. The van der Waals surface area contributed by atoms with E-state index in [1.165, 1.54) is 33.7 Å². The Bertz CT molecular complexity index is 883. The maximum Gasteiger partial charge on any atom is 0.295 e. The fourth-order valence-electron chi connectivity index (χ4n) is 3.39. The molecule has 0 radical (unpaired) electrons. The fourth-order valence-corrected chi connectivity index (χ4v) is 3.58. The summed E-state index contributed by atoms with van der Waals surface area (Å²) < 4.78 is 0. The number of nitro groups is 1. The van der Waals surface area contributed by atoms with Gasteiger partial charge in [0, 0.05) is 17.2 Å². The number of nitrogens with zero attached hydrogens (tertiary/aromatic N) is 2. The Morgan fingerprint density at radius 2 is 1.83 bits per heavy atom. The van der Waals surface area contributed by atoms with Crippen LogP contribution in [-0.4, -0.2) is 49.8 Å². The first-order valence-electron chi connectivity index (χ1n) is 9.48. The first kappa shape index (κ1) is 20.9. The van der Waals surface area contributed by atoms with E-state index in [4.69, 9.17) is 11.6 Å². The molecule has 1 aliphatic rings. The van der Waals surface area contributed by atoms with Gasteiger partial charge in [0.1, 0.15) is 37.7 Å². The van der Waals surface area contributed by atoms with Crippen LogP contribution in [0.3, 0.4) is 0 Å². The van der Waals surface area contributed by atoms with Crippen molar-refractivity contribution in [3.05, 3.63) is 74.8 Å². The molecule has 152 valence electrons. The number of benzene rings is 2. The number of amides is 1. The van der Waals surface area contributed by atoms with Crippen molar-refractivity contribution in [1.82, 2.24) is 5.43 Å². The summed E-state index contributed by atoms with van der Waals surface area (Å²) in [6, 6.07) is 14.8. The van der Waals surface area contributed by atoms with Gasteiger partial charge in [-0.05, 0) is 6.07 Å². The predicted molar refractivity (Wildman–Crippen MR) is 110 cm³/mol. The Kier molecular flexibility index (Phi) is 7.29. The van der Waals surface area contributed by atoms with E-state index < -0.39 is 4.92 Å². The van der Waals surface area contributed by atoms with Gasteiger partial charge in [-0.2, -0.15) is 5.10 Å². The average Bonchev–Trinajstić information content (AvgIpc) is 2.71. The van der Waals surface area contributed by atoms with Gasteiger partial charge in [0.05, 0.1) is 11.1 Å². The van der Waals surface area contributed by atoms with Crippen LogP contribution in [0.1, 0.15) is 11.1 Å². The van der Waals surface area contributed by atoms with E-state index in [1.54, 1.807) is 6.07 Å². The number of nitrogens with one attached hydrogen (secondary N) is 3. The number of piperazine rings is 1. The fraction of sp³-hybridized carbons (Fsp3) is 0.300. The van der Waals surface area contributed by atoms with Crippen LogP contribution in [0, 0.1) is 10.1 Å². The van der Waals surface area contributed by atoms with Crippen molar-refractivity contribution in [3.63, 3.8) is 0 Å². The van der Waals surface area contributed by atoms with E-state index in [-0.39, 0.29) is 16.6 Å². The molecule has 1 saturated heterocycles. The topological polar surface area (TPSA) is 93.5 Å². The summed E-state index contributed by atoms with van der Waals surface area (Å²) in [4.78, 5) is 25.2. The molecular weight excluding hydrogens is 394 g/mol. The van der Waals surface area contributed by atoms with E-state index >= 15 is 0 Å². The van der Waals surface area contributed by atoms with Crippen molar-refractivity contribution >= 4 is 29.4 Å². The molecule has 1 aliphatic heterocycles. The van der Waals surface area contributed by atoms with Crippen molar-refractivity contribution < 1.29 is 19.5 Å². The quantitative estimate of drug-likeness (QED) is 0.327. The molecule has 0 atom stereocenters. The summed E-state index contributed by atoms with van der Waals surface area (Å²) >= 11 is 5.78. The second kappa shape index (κ2) is 10.1. The Hall–Kier alpha value is -2.81. The van der Waals surface area contributed by atoms with E-state index in [1.807, 2.05) is 6.07 Å². The lowest BCUT2D eigenvalue weighted by molar-refractivity contribution is -1.02. The number of hydrogen-bond acceptors (Lipinski definition) is 4. The lowest BCUT2D eigenvalue weighted by Crippen LogP contribution is -3.28. The predicted octanol–water partition coefficient (Wildman–Crippen LogP) is -0.318. The van der Waals surface area contributed by atoms with E-state index in [0.29, 0.717) is 12.1 Å². The normalized spacial score (nSPS) is 19.2. The Balaban J connectivity index is 1.42. The number of carbonyl (C=O) groups is 1. The van der Waals surface area contributed by atoms with Gasteiger partial charge in [-0.25, -0.2) is 5.43 Å². The number of halogens is 1. The molecule has 1 amide bonds. The lowest BCUT2D eigenvalue weighted by Gasteiger charge is -2.29. The van der Waals surface area contributed by atoms with Crippen LogP contribution in [0.15, 0.2) is 53.6 Å². The molecule has 9 heteroatoms. The van der Waals surface area contributed by atoms with Crippen LogP contribution < -0.4 is 15.2 Å². The zero-order valence-corrected chi connectivity index (χ0v) is 16.7. The van der Waals surface area contributed by atoms with Crippen molar-refractivity contribution in [2.45, 2.75) is 6.54 Å². The highest BCUT2D eigenvalue weighted by Gasteiger charge is 2.24. The molecule has 2 aromatic rings. The van der Waals surface area contributed by atoms with Crippen LogP contribution in [-0.2, 0) is 11.3 Å². The maximum absolute atomic E-state index is 12.1. The van der Waals surface area contributed by atoms with Gasteiger partial charge >= 0.3 is 0 Å². The van der Waals surface area contributed by atoms with Crippen LogP contribution in [0.2, 0.25) is 5.02 Å². The summed E-state index contributed by atoms with van der Waals surface area (Å²) in [7, 11) is 0. The van der Waals surface area contributed by atoms with Crippen molar-refractivity contribution in [3.8, 4) is 0 Å². The van der Waals surface area contributed by atoms with Gasteiger partial charge in [-0.1, -0.05) is 48.0 Å². The Morgan fingerprint density at radius 1 is 1.14 bits per heavy atom. The van der Waals surface area contributed by atoms with Crippen LogP contribution in [0.5, 0.6) is 0 Å². The third-order valence-electron chi connectivity index (χ3n) is 4.94. The second-order valence-corrected chi connectivity index (χ2v) is 7.51. The van der Waals surface area contributed by atoms with E-state index in [9.17, 15) is 14.9 Å². The molecule has 3 N–H and O–H groups in total. The summed E-state index contributed by atoms with van der Waals surface area (Å²) in [5.41, 5.74) is 4.13. The number of hydrogen-bond donors (Lipinski definition) is 3. The minimum atomic E-state index is -0.555. The van der Waals surface area contributed by atoms with E-state index in [0.717, 1.165) is 32.7 Å². The minimum Gasteiger partial charge on any atom is -0.322 e. The summed E-state index contributed by atoms with van der Waals surface area (Å²) in [6.07, 6.45) is 1.37. The van der Waals surface area contributed by atoms with Crippen LogP contribution in [0.25, 0.3) is 0 Å².